The largest absolute Gasteiger partial charge is 0.454 e. The average Bonchev–Trinajstić information content (AvgIpc) is 3.04. The standard InChI is InChI=1S/C13H14ClN3O2/c1-2-3-11-10(7-14)15-16-17(11)9-4-5-12-13(6-9)19-8-18-12/h4-6H,2-3,7-8H2,1H3. The van der Waals surface area contributed by atoms with Crippen molar-refractivity contribution in [3.63, 3.8) is 0 Å². The number of aromatic nitrogens is 3. The zero-order valence-corrected chi connectivity index (χ0v) is 11.4. The molecule has 0 fully saturated rings. The molecule has 0 saturated heterocycles. The van der Waals surface area contributed by atoms with Gasteiger partial charge in [-0.25, -0.2) is 4.68 Å². The van der Waals surface area contributed by atoms with E-state index in [4.69, 9.17) is 21.1 Å². The van der Waals surface area contributed by atoms with E-state index in [1.54, 1.807) is 0 Å². The molecule has 1 aromatic heterocycles. The monoisotopic (exact) mass is 279 g/mol. The molecule has 1 aliphatic heterocycles. The number of halogens is 1. The fourth-order valence-corrected chi connectivity index (χ4v) is 2.36. The number of hydrogen-bond acceptors (Lipinski definition) is 4. The van der Waals surface area contributed by atoms with Crippen molar-refractivity contribution in [1.82, 2.24) is 15.0 Å². The quantitative estimate of drug-likeness (QED) is 0.808. The maximum absolute atomic E-state index is 5.90. The van der Waals surface area contributed by atoms with Crippen molar-refractivity contribution in [2.45, 2.75) is 25.6 Å². The topological polar surface area (TPSA) is 49.2 Å². The van der Waals surface area contributed by atoms with Crippen LogP contribution in [0.5, 0.6) is 11.5 Å². The third-order valence-electron chi connectivity index (χ3n) is 3.06. The minimum Gasteiger partial charge on any atom is -0.454 e. The Labute approximate surface area is 116 Å². The lowest BCUT2D eigenvalue weighted by atomic mass is 10.2. The van der Waals surface area contributed by atoms with Gasteiger partial charge in [0.15, 0.2) is 11.5 Å². The zero-order valence-electron chi connectivity index (χ0n) is 10.6. The first kappa shape index (κ1) is 12.3. The summed E-state index contributed by atoms with van der Waals surface area (Å²) in [6.07, 6.45) is 1.91. The zero-order chi connectivity index (χ0) is 13.2. The van der Waals surface area contributed by atoms with Gasteiger partial charge in [-0.15, -0.1) is 16.7 Å². The summed E-state index contributed by atoms with van der Waals surface area (Å²) in [6.45, 7) is 2.39. The van der Waals surface area contributed by atoms with Crippen LogP contribution in [0.15, 0.2) is 18.2 Å². The van der Waals surface area contributed by atoms with Gasteiger partial charge in [0, 0.05) is 6.07 Å². The van der Waals surface area contributed by atoms with Gasteiger partial charge in [-0.1, -0.05) is 18.6 Å². The van der Waals surface area contributed by atoms with Crippen LogP contribution >= 0.6 is 11.6 Å². The maximum atomic E-state index is 5.90. The van der Waals surface area contributed by atoms with Crippen LogP contribution in [0.2, 0.25) is 0 Å². The van der Waals surface area contributed by atoms with E-state index in [2.05, 4.69) is 17.2 Å². The van der Waals surface area contributed by atoms with Gasteiger partial charge < -0.3 is 9.47 Å². The summed E-state index contributed by atoms with van der Waals surface area (Å²) >= 11 is 5.90. The SMILES string of the molecule is CCCc1c(CCl)nnn1-c1ccc2c(c1)OCO2. The van der Waals surface area contributed by atoms with Gasteiger partial charge in [0.05, 0.1) is 17.3 Å². The molecule has 2 aromatic rings. The van der Waals surface area contributed by atoms with Crippen LogP contribution in [0.1, 0.15) is 24.7 Å². The molecule has 0 aliphatic carbocycles. The van der Waals surface area contributed by atoms with Gasteiger partial charge in [-0.2, -0.15) is 0 Å². The number of benzene rings is 1. The first-order valence-corrected chi connectivity index (χ1v) is 6.76. The molecule has 1 aliphatic rings. The van der Waals surface area contributed by atoms with Crippen molar-refractivity contribution in [2.75, 3.05) is 6.79 Å². The summed E-state index contributed by atoms with van der Waals surface area (Å²) in [5.41, 5.74) is 2.80. The maximum Gasteiger partial charge on any atom is 0.231 e. The van der Waals surface area contributed by atoms with Crippen molar-refractivity contribution >= 4 is 11.6 Å². The molecule has 5 nitrogen and oxygen atoms in total. The second-order valence-electron chi connectivity index (χ2n) is 4.32. The van der Waals surface area contributed by atoms with Crippen LogP contribution in [-0.2, 0) is 12.3 Å². The Morgan fingerprint density at radius 2 is 2.16 bits per heavy atom. The molecule has 2 heterocycles. The second-order valence-corrected chi connectivity index (χ2v) is 4.58. The summed E-state index contributed by atoms with van der Waals surface area (Å²) in [6, 6.07) is 5.74. The van der Waals surface area contributed by atoms with Crippen LogP contribution in [0.3, 0.4) is 0 Å². The molecule has 6 heteroatoms. The predicted molar refractivity (Wildman–Crippen MR) is 71.0 cm³/mol. The number of nitrogens with zero attached hydrogens (tertiary/aromatic N) is 3. The lowest BCUT2D eigenvalue weighted by molar-refractivity contribution is 0.174. The molecule has 19 heavy (non-hydrogen) atoms. The highest BCUT2D eigenvalue weighted by molar-refractivity contribution is 6.16. The van der Waals surface area contributed by atoms with Gasteiger partial charge >= 0.3 is 0 Å². The third-order valence-corrected chi connectivity index (χ3v) is 3.31. The van der Waals surface area contributed by atoms with Gasteiger partial charge in [-0.05, 0) is 18.6 Å². The molecule has 1 aromatic carbocycles. The van der Waals surface area contributed by atoms with Crippen LogP contribution in [0.25, 0.3) is 5.69 Å². The van der Waals surface area contributed by atoms with Crippen LogP contribution in [0.4, 0.5) is 0 Å². The summed E-state index contributed by atoms with van der Waals surface area (Å²) in [5.74, 6) is 1.88. The van der Waals surface area contributed by atoms with E-state index in [0.29, 0.717) is 5.88 Å². The smallest absolute Gasteiger partial charge is 0.231 e. The molecule has 0 amide bonds. The van der Waals surface area contributed by atoms with Crippen molar-refractivity contribution in [2.24, 2.45) is 0 Å². The normalized spacial score (nSPS) is 12.9. The number of fused-ring (bicyclic) bond motifs is 1. The number of rotatable bonds is 4. The highest BCUT2D eigenvalue weighted by Gasteiger charge is 2.17. The average molecular weight is 280 g/mol. The first-order valence-electron chi connectivity index (χ1n) is 6.23. The minimum absolute atomic E-state index is 0.269. The van der Waals surface area contributed by atoms with Gasteiger partial charge in [-0.3, -0.25) is 0 Å². The van der Waals surface area contributed by atoms with Crippen LogP contribution in [-0.4, -0.2) is 21.8 Å². The van der Waals surface area contributed by atoms with Crippen molar-refractivity contribution in [1.29, 1.82) is 0 Å². The number of hydrogen-bond donors (Lipinski definition) is 0. The van der Waals surface area contributed by atoms with E-state index in [-0.39, 0.29) is 6.79 Å². The second kappa shape index (κ2) is 5.09. The minimum atomic E-state index is 0.269. The van der Waals surface area contributed by atoms with Crippen LogP contribution in [0, 0.1) is 0 Å². The van der Waals surface area contributed by atoms with Gasteiger partial charge in [0.25, 0.3) is 0 Å². The molecule has 0 radical (unpaired) electrons. The number of alkyl halides is 1. The molecule has 100 valence electrons. The summed E-state index contributed by atoms with van der Waals surface area (Å²) in [4.78, 5) is 0. The fraction of sp³-hybridized carbons (Fsp3) is 0.385. The van der Waals surface area contributed by atoms with Crippen molar-refractivity contribution in [3.05, 3.63) is 29.6 Å². The predicted octanol–water partition coefficient (Wildman–Crippen LogP) is 2.69. The molecule has 0 bridgehead atoms. The van der Waals surface area contributed by atoms with Gasteiger partial charge in [0.1, 0.15) is 5.69 Å². The molecule has 0 atom stereocenters. The van der Waals surface area contributed by atoms with E-state index in [9.17, 15) is 0 Å². The molecule has 0 unspecified atom stereocenters. The first-order chi connectivity index (χ1) is 9.33. The number of ether oxygens (including phenoxy) is 2. The van der Waals surface area contributed by atoms with E-state index in [1.165, 1.54) is 0 Å². The summed E-state index contributed by atoms with van der Waals surface area (Å²) in [7, 11) is 0. The van der Waals surface area contributed by atoms with Crippen molar-refractivity contribution < 1.29 is 9.47 Å². The Kier molecular flexibility index (Phi) is 3.29. The lowest BCUT2D eigenvalue weighted by Gasteiger charge is -2.07. The molecular formula is C13H14ClN3O2. The fourth-order valence-electron chi connectivity index (χ4n) is 2.15. The molecule has 0 spiro atoms. The molecule has 0 saturated carbocycles. The lowest BCUT2D eigenvalue weighted by Crippen LogP contribution is -2.03. The van der Waals surface area contributed by atoms with Gasteiger partial charge in [0.2, 0.25) is 6.79 Å². The highest BCUT2D eigenvalue weighted by atomic mass is 35.5. The third kappa shape index (κ3) is 2.14. The van der Waals surface area contributed by atoms with Crippen LogP contribution < -0.4 is 9.47 Å². The van der Waals surface area contributed by atoms with E-state index < -0.39 is 0 Å². The summed E-state index contributed by atoms with van der Waals surface area (Å²) in [5, 5.41) is 8.32. The Hall–Kier alpha value is -1.75. The molecule has 0 N–H and O–H groups in total. The van der Waals surface area contributed by atoms with E-state index >= 15 is 0 Å². The highest BCUT2D eigenvalue weighted by Crippen LogP contribution is 2.34. The molecule has 3 rings (SSSR count). The Balaban J connectivity index is 2.04. The van der Waals surface area contributed by atoms with E-state index in [1.807, 2.05) is 22.9 Å². The Morgan fingerprint density at radius 1 is 1.32 bits per heavy atom. The molecular weight excluding hydrogens is 266 g/mol. The Morgan fingerprint density at radius 3 is 2.95 bits per heavy atom. The van der Waals surface area contributed by atoms with E-state index in [0.717, 1.165) is 41.4 Å². The Bertz CT molecular complexity index is 598. The summed E-state index contributed by atoms with van der Waals surface area (Å²) < 4.78 is 12.5. The van der Waals surface area contributed by atoms with Crippen molar-refractivity contribution in [3.8, 4) is 17.2 Å².